The largest absolute Gasteiger partial charge is 0.493 e. The number of nitrogens with one attached hydrogen (secondary N) is 1. The van der Waals surface area contributed by atoms with Crippen molar-refractivity contribution in [3.63, 3.8) is 0 Å². The lowest BCUT2D eigenvalue weighted by atomic mass is 9.97. The number of hydrogen-bond acceptors (Lipinski definition) is 3. The summed E-state index contributed by atoms with van der Waals surface area (Å²) in [7, 11) is 0. The van der Waals surface area contributed by atoms with E-state index in [0.29, 0.717) is 11.3 Å². The first-order valence-electron chi connectivity index (χ1n) is 8.58. The molecular weight excluding hydrogens is 288 g/mol. The first kappa shape index (κ1) is 16.1. The lowest BCUT2D eigenvalue weighted by Gasteiger charge is -2.32. The normalized spacial score (nSPS) is 17.0. The molecule has 2 heterocycles. The summed E-state index contributed by atoms with van der Waals surface area (Å²) in [5.41, 5.74) is -0.0495. The van der Waals surface area contributed by atoms with Crippen LogP contribution in [-0.4, -0.2) is 36.1 Å². The van der Waals surface area contributed by atoms with Crippen LogP contribution in [0.1, 0.15) is 26.7 Å². The summed E-state index contributed by atoms with van der Waals surface area (Å²) in [4.78, 5) is 17.0. The Hall–Kier alpha value is -1.81. The topological polar surface area (TPSA) is 45.3 Å². The second-order valence-corrected chi connectivity index (χ2v) is 7.00. The third kappa shape index (κ3) is 4.14. The first-order valence-corrected chi connectivity index (χ1v) is 8.58. The number of pyridine rings is 1. The molecule has 2 aromatic rings. The van der Waals surface area contributed by atoms with Crippen molar-refractivity contribution in [2.24, 2.45) is 11.8 Å². The van der Waals surface area contributed by atoms with Crippen molar-refractivity contribution in [2.45, 2.75) is 26.7 Å². The zero-order valence-corrected chi connectivity index (χ0v) is 14.0. The Morgan fingerprint density at radius 3 is 2.78 bits per heavy atom. The fourth-order valence-corrected chi connectivity index (χ4v) is 3.33. The van der Waals surface area contributed by atoms with Gasteiger partial charge >= 0.3 is 0 Å². The van der Waals surface area contributed by atoms with Crippen LogP contribution in [0, 0.1) is 11.8 Å². The summed E-state index contributed by atoms with van der Waals surface area (Å²) < 4.78 is 5.98. The number of ether oxygens (including phenoxy) is 1. The van der Waals surface area contributed by atoms with E-state index in [0.717, 1.165) is 23.7 Å². The molecule has 0 atom stereocenters. The molecule has 3 rings (SSSR count). The van der Waals surface area contributed by atoms with Crippen LogP contribution >= 0.6 is 0 Å². The smallest absolute Gasteiger partial charge is 0.255 e. The summed E-state index contributed by atoms with van der Waals surface area (Å²) >= 11 is 0. The number of piperidine rings is 1. The van der Waals surface area contributed by atoms with E-state index in [4.69, 9.17) is 4.74 Å². The molecule has 1 aliphatic rings. The van der Waals surface area contributed by atoms with E-state index in [1.54, 1.807) is 6.20 Å². The molecule has 0 unspecified atom stereocenters. The fourth-order valence-electron chi connectivity index (χ4n) is 3.33. The second kappa shape index (κ2) is 7.18. The monoisotopic (exact) mass is 314 g/mol. The van der Waals surface area contributed by atoms with Crippen LogP contribution in [-0.2, 0) is 0 Å². The number of benzene rings is 1. The molecule has 1 aromatic heterocycles. The van der Waals surface area contributed by atoms with Crippen molar-refractivity contribution in [2.75, 3.05) is 26.2 Å². The van der Waals surface area contributed by atoms with Gasteiger partial charge in [-0.25, -0.2) is 0 Å². The van der Waals surface area contributed by atoms with E-state index in [-0.39, 0.29) is 5.56 Å². The first-order chi connectivity index (χ1) is 11.1. The van der Waals surface area contributed by atoms with Crippen LogP contribution in [0.15, 0.2) is 35.3 Å². The van der Waals surface area contributed by atoms with Crippen molar-refractivity contribution in [1.82, 2.24) is 9.88 Å². The number of H-pyrrole nitrogens is 1. The maximum absolute atomic E-state index is 11.7. The number of fused-ring (bicyclic) bond motifs is 1. The SMILES string of the molecule is CC(C)CN1CCC(COc2ccc3c(=O)[nH]ccc3c2)CC1. The predicted octanol–water partition coefficient (Wildman–Crippen LogP) is 3.27. The molecule has 0 aliphatic carbocycles. The molecule has 4 nitrogen and oxygen atoms in total. The number of hydrogen-bond donors (Lipinski definition) is 1. The molecule has 1 aromatic carbocycles. The highest BCUT2D eigenvalue weighted by atomic mass is 16.5. The number of aromatic amines is 1. The molecule has 0 radical (unpaired) electrons. The Labute approximate surface area is 137 Å². The molecule has 0 spiro atoms. The Kier molecular flexibility index (Phi) is 5.01. The van der Waals surface area contributed by atoms with Crippen molar-refractivity contribution in [1.29, 1.82) is 0 Å². The maximum atomic E-state index is 11.7. The molecule has 1 fully saturated rings. The fraction of sp³-hybridized carbons (Fsp3) is 0.526. The average Bonchev–Trinajstić information content (AvgIpc) is 2.54. The van der Waals surface area contributed by atoms with Gasteiger partial charge in [0.2, 0.25) is 0 Å². The number of aromatic nitrogens is 1. The van der Waals surface area contributed by atoms with Gasteiger partial charge in [-0.05, 0) is 67.4 Å². The van der Waals surface area contributed by atoms with E-state index >= 15 is 0 Å². The van der Waals surface area contributed by atoms with Crippen LogP contribution in [0.4, 0.5) is 0 Å². The third-order valence-corrected chi connectivity index (χ3v) is 4.56. The maximum Gasteiger partial charge on any atom is 0.255 e. The van der Waals surface area contributed by atoms with Crippen molar-refractivity contribution < 1.29 is 4.74 Å². The van der Waals surface area contributed by atoms with Gasteiger partial charge < -0.3 is 14.6 Å². The van der Waals surface area contributed by atoms with Crippen LogP contribution < -0.4 is 10.3 Å². The average molecular weight is 314 g/mol. The van der Waals surface area contributed by atoms with Gasteiger partial charge in [0.1, 0.15) is 5.75 Å². The van der Waals surface area contributed by atoms with Crippen LogP contribution in [0.25, 0.3) is 10.8 Å². The number of nitrogens with zero attached hydrogens (tertiary/aromatic N) is 1. The third-order valence-electron chi connectivity index (χ3n) is 4.56. The summed E-state index contributed by atoms with van der Waals surface area (Å²) in [5, 5.41) is 1.64. The lowest BCUT2D eigenvalue weighted by molar-refractivity contribution is 0.132. The van der Waals surface area contributed by atoms with E-state index in [9.17, 15) is 4.79 Å². The lowest BCUT2D eigenvalue weighted by Crippen LogP contribution is -2.37. The Bertz CT molecular complexity index is 700. The van der Waals surface area contributed by atoms with Gasteiger partial charge in [0, 0.05) is 18.1 Å². The van der Waals surface area contributed by atoms with Crippen LogP contribution in [0.2, 0.25) is 0 Å². The van der Waals surface area contributed by atoms with Gasteiger partial charge in [-0.1, -0.05) is 13.8 Å². The van der Waals surface area contributed by atoms with Gasteiger partial charge in [-0.2, -0.15) is 0 Å². The highest BCUT2D eigenvalue weighted by Crippen LogP contribution is 2.22. The molecule has 0 bridgehead atoms. The summed E-state index contributed by atoms with van der Waals surface area (Å²) in [6, 6.07) is 7.60. The van der Waals surface area contributed by atoms with Gasteiger partial charge in [0.25, 0.3) is 5.56 Å². The molecular formula is C19H26N2O2. The summed E-state index contributed by atoms with van der Waals surface area (Å²) in [6.45, 7) is 8.88. The minimum Gasteiger partial charge on any atom is -0.493 e. The molecule has 23 heavy (non-hydrogen) atoms. The van der Waals surface area contributed by atoms with Gasteiger partial charge in [0.15, 0.2) is 0 Å². The predicted molar refractivity (Wildman–Crippen MR) is 94.1 cm³/mol. The van der Waals surface area contributed by atoms with Crippen molar-refractivity contribution in [3.8, 4) is 5.75 Å². The van der Waals surface area contributed by atoms with E-state index in [1.165, 1.54) is 32.5 Å². The zero-order valence-electron chi connectivity index (χ0n) is 14.0. The van der Waals surface area contributed by atoms with Crippen LogP contribution in [0.3, 0.4) is 0 Å². The van der Waals surface area contributed by atoms with Gasteiger partial charge in [0.05, 0.1) is 6.61 Å². The molecule has 0 saturated carbocycles. The molecule has 1 saturated heterocycles. The summed E-state index contributed by atoms with van der Waals surface area (Å²) in [5.74, 6) is 2.23. The number of rotatable bonds is 5. The minimum absolute atomic E-state index is 0.0495. The van der Waals surface area contributed by atoms with E-state index in [1.807, 2.05) is 24.3 Å². The molecule has 1 aliphatic heterocycles. The molecule has 1 N–H and O–H groups in total. The minimum atomic E-state index is -0.0495. The van der Waals surface area contributed by atoms with Gasteiger partial charge in [-0.15, -0.1) is 0 Å². The standard InChI is InChI=1S/C19H26N2O2/c1-14(2)12-21-9-6-15(7-10-21)13-23-17-3-4-18-16(11-17)5-8-20-19(18)22/h3-5,8,11,14-15H,6-7,9-10,12-13H2,1-2H3,(H,20,22). The molecule has 124 valence electrons. The zero-order chi connectivity index (χ0) is 16.2. The highest BCUT2D eigenvalue weighted by Gasteiger charge is 2.20. The van der Waals surface area contributed by atoms with Gasteiger partial charge in [-0.3, -0.25) is 4.79 Å². The quantitative estimate of drug-likeness (QED) is 0.921. The Morgan fingerprint density at radius 2 is 2.04 bits per heavy atom. The summed E-state index contributed by atoms with van der Waals surface area (Å²) in [6.07, 6.45) is 4.10. The van der Waals surface area contributed by atoms with E-state index in [2.05, 4.69) is 23.7 Å². The van der Waals surface area contributed by atoms with E-state index < -0.39 is 0 Å². The molecule has 0 amide bonds. The second-order valence-electron chi connectivity index (χ2n) is 7.00. The van der Waals surface area contributed by atoms with Crippen LogP contribution in [0.5, 0.6) is 5.75 Å². The highest BCUT2D eigenvalue weighted by molar-refractivity contribution is 5.82. The Morgan fingerprint density at radius 1 is 1.26 bits per heavy atom. The number of likely N-dealkylation sites (tertiary alicyclic amines) is 1. The molecule has 4 heteroatoms. The Balaban J connectivity index is 1.54. The van der Waals surface area contributed by atoms with Crippen molar-refractivity contribution >= 4 is 10.8 Å². The van der Waals surface area contributed by atoms with Crippen molar-refractivity contribution in [3.05, 3.63) is 40.8 Å².